The number of carbonyl (C=O) groups is 1. The molecule has 23 heavy (non-hydrogen) atoms. The number of benzene rings is 2. The fourth-order valence-electron chi connectivity index (χ4n) is 1.74. The maximum absolute atomic E-state index is 12.8. The second-order valence-electron chi connectivity index (χ2n) is 4.77. The molecule has 3 N–H and O–H groups in total. The Morgan fingerprint density at radius 2 is 1.70 bits per heavy atom. The van der Waals surface area contributed by atoms with Gasteiger partial charge >= 0.3 is 0 Å². The number of anilines is 1. The van der Waals surface area contributed by atoms with Crippen LogP contribution in [0.15, 0.2) is 53.4 Å². The molecule has 2 rings (SSSR count). The minimum Gasteiger partial charge on any atom is -0.481 e. The predicted molar refractivity (Wildman–Crippen MR) is 82.9 cm³/mol. The summed E-state index contributed by atoms with van der Waals surface area (Å²) in [7, 11) is -3.78. The number of hydrogen-bond donors (Lipinski definition) is 2. The van der Waals surface area contributed by atoms with Crippen LogP contribution in [0.3, 0.4) is 0 Å². The lowest BCUT2D eigenvalue weighted by Gasteiger charge is -2.14. The minimum absolute atomic E-state index is 0.0499. The zero-order valence-corrected chi connectivity index (χ0v) is 13.0. The second kappa shape index (κ2) is 6.76. The summed E-state index contributed by atoms with van der Waals surface area (Å²) in [4.78, 5) is 12.0. The topological polar surface area (TPSA) is 98.5 Å². The smallest absolute Gasteiger partial charge is 0.265 e. The zero-order chi connectivity index (χ0) is 17.0. The van der Waals surface area contributed by atoms with E-state index in [9.17, 15) is 17.6 Å². The average Bonchev–Trinajstić information content (AvgIpc) is 2.49. The Balaban J connectivity index is 1.99. The molecule has 122 valence electrons. The molecule has 8 heteroatoms. The van der Waals surface area contributed by atoms with Gasteiger partial charge < -0.3 is 10.1 Å². The highest BCUT2D eigenvalue weighted by Crippen LogP contribution is 2.15. The SMILES string of the molecule is C[C@@H](Oc1ccc(F)cc1)C(=O)Nc1ccc(S(N)(=O)=O)cc1. The van der Waals surface area contributed by atoms with Gasteiger partial charge in [0.2, 0.25) is 10.0 Å². The molecule has 0 heterocycles. The third-order valence-corrected chi connectivity index (χ3v) is 3.88. The Labute approximate surface area is 133 Å². The summed E-state index contributed by atoms with van der Waals surface area (Å²) in [6.45, 7) is 1.54. The normalized spacial score (nSPS) is 12.5. The third-order valence-electron chi connectivity index (χ3n) is 2.95. The van der Waals surface area contributed by atoms with Crippen LogP contribution in [0.5, 0.6) is 5.75 Å². The highest BCUT2D eigenvalue weighted by molar-refractivity contribution is 7.89. The quantitative estimate of drug-likeness (QED) is 0.869. The van der Waals surface area contributed by atoms with E-state index in [2.05, 4.69) is 5.32 Å². The molecule has 0 radical (unpaired) electrons. The largest absolute Gasteiger partial charge is 0.481 e. The molecule has 0 unspecified atom stereocenters. The molecule has 0 saturated carbocycles. The number of halogens is 1. The van der Waals surface area contributed by atoms with E-state index in [-0.39, 0.29) is 4.90 Å². The molecule has 2 aromatic rings. The maximum Gasteiger partial charge on any atom is 0.265 e. The molecule has 1 atom stereocenters. The van der Waals surface area contributed by atoms with Crippen LogP contribution in [0.1, 0.15) is 6.92 Å². The van der Waals surface area contributed by atoms with Crippen molar-refractivity contribution in [3.8, 4) is 5.75 Å². The van der Waals surface area contributed by atoms with Gasteiger partial charge in [0, 0.05) is 5.69 Å². The summed E-state index contributed by atoms with van der Waals surface area (Å²) in [5.74, 6) is -0.472. The van der Waals surface area contributed by atoms with Crippen molar-refractivity contribution in [3.05, 3.63) is 54.3 Å². The lowest BCUT2D eigenvalue weighted by atomic mass is 10.3. The maximum atomic E-state index is 12.8. The van der Waals surface area contributed by atoms with Gasteiger partial charge in [0.25, 0.3) is 5.91 Å². The number of nitrogens with two attached hydrogens (primary N) is 1. The van der Waals surface area contributed by atoms with Gasteiger partial charge in [-0.05, 0) is 55.5 Å². The van der Waals surface area contributed by atoms with E-state index in [1.165, 1.54) is 55.5 Å². The number of amides is 1. The van der Waals surface area contributed by atoms with Crippen molar-refractivity contribution in [1.29, 1.82) is 0 Å². The first-order chi connectivity index (χ1) is 10.8. The van der Waals surface area contributed by atoms with Crippen LogP contribution in [0.25, 0.3) is 0 Å². The number of rotatable bonds is 5. The Morgan fingerprint density at radius 1 is 1.13 bits per heavy atom. The molecule has 0 aliphatic carbocycles. The summed E-state index contributed by atoms with van der Waals surface area (Å²) in [5.41, 5.74) is 0.400. The number of ether oxygens (including phenoxy) is 1. The number of sulfonamides is 1. The van der Waals surface area contributed by atoms with Crippen molar-refractivity contribution in [1.82, 2.24) is 0 Å². The van der Waals surface area contributed by atoms with Gasteiger partial charge in [0.05, 0.1) is 4.90 Å². The van der Waals surface area contributed by atoms with Crippen molar-refractivity contribution in [2.45, 2.75) is 17.9 Å². The Kier molecular flexibility index (Phi) is 4.97. The van der Waals surface area contributed by atoms with Crippen LogP contribution in [0, 0.1) is 5.82 Å². The lowest BCUT2D eigenvalue weighted by Crippen LogP contribution is -2.30. The Bertz CT molecular complexity index is 789. The van der Waals surface area contributed by atoms with Crippen LogP contribution < -0.4 is 15.2 Å². The van der Waals surface area contributed by atoms with Crippen LogP contribution in [0.2, 0.25) is 0 Å². The molecular weight excluding hydrogens is 323 g/mol. The highest BCUT2D eigenvalue weighted by Gasteiger charge is 2.15. The van der Waals surface area contributed by atoms with Crippen molar-refractivity contribution in [2.24, 2.45) is 5.14 Å². The zero-order valence-electron chi connectivity index (χ0n) is 12.2. The van der Waals surface area contributed by atoms with Crippen molar-refractivity contribution < 1.29 is 22.3 Å². The standard InChI is InChI=1S/C15H15FN2O4S/c1-10(22-13-6-2-11(16)3-7-13)15(19)18-12-4-8-14(9-5-12)23(17,20)21/h2-10H,1H3,(H,18,19)(H2,17,20,21)/t10-/m1/s1. The van der Waals surface area contributed by atoms with Crippen LogP contribution >= 0.6 is 0 Å². The van der Waals surface area contributed by atoms with Crippen LogP contribution in [-0.4, -0.2) is 20.4 Å². The predicted octanol–water partition coefficient (Wildman–Crippen LogP) is 1.88. The summed E-state index contributed by atoms with van der Waals surface area (Å²) >= 11 is 0. The van der Waals surface area contributed by atoms with Gasteiger partial charge in [-0.1, -0.05) is 0 Å². The van der Waals surface area contributed by atoms with Gasteiger partial charge in [0.1, 0.15) is 11.6 Å². The van der Waals surface area contributed by atoms with Crippen molar-refractivity contribution in [3.63, 3.8) is 0 Å². The van der Waals surface area contributed by atoms with Crippen LogP contribution in [-0.2, 0) is 14.8 Å². The molecule has 0 aromatic heterocycles. The van der Waals surface area contributed by atoms with Gasteiger partial charge in [-0.25, -0.2) is 17.9 Å². The van der Waals surface area contributed by atoms with Gasteiger partial charge in [-0.3, -0.25) is 4.79 Å². The second-order valence-corrected chi connectivity index (χ2v) is 6.33. The lowest BCUT2D eigenvalue weighted by molar-refractivity contribution is -0.122. The minimum atomic E-state index is -3.78. The molecule has 0 bridgehead atoms. The van der Waals surface area contributed by atoms with Crippen LogP contribution in [0.4, 0.5) is 10.1 Å². The number of carbonyl (C=O) groups excluding carboxylic acids is 1. The molecule has 0 spiro atoms. The number of nitrogens with one attached hydrogen (secondary N) is 1. The van der Waals surface area contributed by atoms with E-state index in [4.69, 9.17) is 9.88 Å². The molecule has 0 fully saturated rings. The summed E-state index contributed by atoms with van der Waals surface area (Å²) in [5, 5.41) is 7.57. The first kappa shape index (κ1) is 16.9. The van der Waals surface area contributed by atoms with E-state index in [1.807, 2.05) is 0 Å². The highest BCUT2D eigenvalue weighted by atomic mass is 32.2. The van der Waals surface area contributed by atoms with E-state index < -0.39 is 27.9 Å². The molecule has 2 aromatic carbocycles. The van der Waals surface area contributed by atoms with Crippen molar-refractivity contribution in [2.75, 3.05) is 5.32 Å². The Hall–Kier alpha value is -2.45. The molecule has 0 aliphatic rings. The molecule has 0 aliphatic heterocycles. The molecule has 0 saturated heterocycles. The van der Waals surface area contributed by atoms with Gasteiger partial charge in [0.15, 0.2) is 6.10 Å². The van der Waals surface area contributed by atoms with E-state index >= 15 is 0 Å². The van der Waals surface area contributed by atoms with Gasteiger partial charge in [-0.15, -0.1) is 0 Å². The molecule has 1 amide bonds. The summed E-state index contributed by atoms with van der Waals surface area (Å²) < 4.78 is 40.5. The summed E-state index contributed by atoms with van der Waals surface area (Å²) in [6.07, 6.45) is -0.821. The summed E-state index contributed by atoms with van der Waals surface area (Å²) in [6, 6.07) is 10.7. The van der Waals surface area contributed by atoms with E-state index in [0.717, 1.165) is 0 Å². The van der Waals surface area contributed by atoms with Gasteiger partial charge in [-0.2, -0.15) is 0 Å². The van der Waals surface area contributed by atoms with E-state index in [0.29, 0.717) is 11.4 Å². The third kappa shape index (κ3) is 4.76. The first-order valence-electron chi connectivity index (χ1n) is 6.61. The monoisotopic (exact) mass is 338 g/mol. The fourth-order valence-corrected chi connectivity index (χ4v) is 2.26. The van der Waals surface area contributed by atoms with E-state index in [1.54, 1.807) is 0 Å². The first-order valence-corrected chi connectivity index (χ1v) is 8.16. The fraction of sp³-hybridized carbons (Fsp3) is 0.133. The molecule has 6 nitrogen and oxygen atoms in total. The number of hydrogen-bond acceptors (Lipinski definition) is 4. The van der Waals surface area contributed by atoms with Crippen molar-refractivity contribution >= 4 is 21.6 Å². The average molecular weight is 338 g/mol. The number of primary sulfonamides is 1. The molecular formula is C15H15FN2O4S. The Morgan fingerprint density at radius 3 is 2.22 bits per heavy atom.